The van der Waals surface area contributed by atoms with E-state index in [1.807, 2.05) is 6.07 Å². The van der Waals surface area contributed by atoms with Gasteiger partial charge in [-0.15, -0.1) is 0 Å². The van der Waals surface area contributed by atoms with Gasteiger partial charge in [0.1, 0.15) is 0 Å². The molecule has 3 rings (SSSR count). The third-order valence-electron chi connectivity index (χ3n) is 3.40. The summed E-state index contributed by atoms with van der Waals surface area (Å²) in [6.45, 7) is 0.928. The molecule has 1 aromatic carbocycles. The van der Waals surface area contributed by atoms with Crippen molar-refractivity contribution in [1.29, 1.82) is 0 Å². The summed E-state index contributed by atoms with van der Waals surface area (Å²) in [5.41, 5.74) is 1.36. The molecule has 6 nitrogen and oxygen atoms in total. The second kappa shape index (κ2) is 5.75. The minimum absolute atomic E-state index is 0.227. The van der Waals surface area contributed by atoms with Gasteiger partial charge in [-0.1, -0.05) is 11.6 Å². The second-order valence-electron chi connectivity index (χ2n) is 4.94. The highest BCUT2D eigenvalue weighted by atomic mass is 35.5. The van der Waals surface area contributed by atoms with Crippen LogP contribution in [0.2, 0.25) is 5.02 Å². The van der Waals surface area contributed by atoms with Crippen LogP contribution in [0.4, 0.5) is 10.5 Å². The summed E-state index contributed by atoms with van der Waals surface area (Å²) in [5, 5.41) is 16.8. The van der Waals surface area contributed by atoms with Gasteiger partial charge in [0, 0.05) is 31.2 Å². The number of nitrogens with one attached hydrogen (secondary N) is 1. The summed E-state index contributed by atoms with van der Waals surface area (Å²) in [6, 6.07) is 6.83. The molecular formula is C14H15ClN4O2. The Labute approximate surface area is 126 Å². The number of carbonyl (C=O) groups excluding carboxylic acids is 1. The van der Waals surface area contributed by atoms with E-state index < -0.39 is 6.10 Å². The minimum Gasteiger partial charge on any atom is -0.391 e. The number of nitrogens with zero attached hydrogens (tertiary/aromatic N) is 3. The van der Waals surface area contributed by atoms with Gasteiger partial charge < -0.3 is 15.3 Å². The smallest absolute Gasteiger partial charge is 0.321 e. The lowest BCUT2D eigenvalue weighted by molar-refractivity contribution is 0.176. The first-order valence-corrected chi connectivity index (χ1v) is 7.05. The van der Waals surface area contributed by atoms with Crippen LogP contribution in [0, 0.1) is 0 Å². The molecule has 0 unspecified atom stereocenters. The van der Waals surface area contributed by atoms with Crippen LogP contribution in [0.25, 0.3) is 5.69 Å². The number of amides is 2. The highest BCUT2D eigenvalue weighted by Gasteiger charge is 2.24. The van der Waals surface area contributed by atoms with Crippen molar-refractivity contribution in [2.45, 2.75) is 12.5 Å². The quantitative estimate of drug-likeness (QED) is 0.893. The zero-order valence-electron chi connectivity index (χ0n) is 11.2. The van der Waals surface area contributed by atoms with Crippen LogP contribution < -0.4 is 5.32 Å². The highest BCUT2D eigenvalue weighted by molar-refractivity contribution is 6.32. The topological polar surface area (TPSA) is 70.4 Å². The second-order valence-corrected chi connectivity index (χ2v) is 5.34. The van der Waals surface area contributed by atoms with E-state index in [4.69, 9.17) is 11.6 Å². The van der Waals surface area contributed by atoms with Crippen LogP contribution in [0.5, 0.6) is 0 Å². The summed E-state index contributed by atoms with van der Waals surface area (Å²) in [7, 11) is 0. The number of hydrogen-bond acceptors (Lipinski definition) is 3. The van der Waals surface area contributed by atoms with Crippen LogP contribution >= 0.6 is 11.6 Å². The van der Waals surface area contributed by atoms with E-state index in [0.717, 1.165) is 5.69 Å². The van der Waals surface area contributed by atoms with Crippen molar-refractivity contribution < 1.29 is 9.90 Å². The van der Waals surface area contributed by atoms with Crippen LogP contribution in [0.15, 0.2) is 36.7 Å². The molecule has 1 atom stereocenters. The Bertz CT molecular complexity index is 644. The number of halogens is 1. The maximum absolute atomic E-state index is 12.0. The fourth-order valence-corrected chi connectivity index (χ4v) is 2.58. The summed E-state index contributed by atoms with van der Waals surface area (Å²) in [5.74, 6) is 0. The number of aliphatic hydroxyl groups is 1. The molecule has 7 heteroatoms. The molecule has 1 fully saturated rings. The zero-order valence-corrected chi connectivity index (χ0v) is 12.0. The number of anilines is 1. The Hall–Kier alpha value is -2.05. The third-order valence-corrected chi connectivity index (χ3v) is 3.70. The monoisotopic (exact) mass is 306 g/mol. The Kier molecular flexibility index (Phi) is 3.81. The van der Waals surface area contributed by atoms with Gasteiger partial charge in [-0.05, 0) is 30.7 Å². The molecule has 0 saturated carbocycles. The van der Waals surface area contributed by atoms with Crippen molar-refractivity contribution in [3.8, 4) is 5.69 Å². The van der Waals surface area contributed by atoms with Crippen LogP contribution in [0.3, 0.4) is 0 Å². The van der Waals surface area contributed by atoms with Crippen molar-refractivity contribution in [1.82, 2.24) is 14.7 Å². The van der Waals surface area contributed by atoms with E-state index in [1.54, 1.807) is 40.2 Å². The number of aliphatic hydroxyl groups excluding tert-OH is 1. The minimum atomic E-state index is -0.429. The lowest BCUT2D eigenvalue weighted by Gasteiger charge is -2.17. The Morgan fingerprint density at radius 3 is 2.95 bits per heavy atom. The van der Waals surface area contributed by atoms with Crippen molar-refractivity contribution in [3.63, 3.8) is 0 Å². The summed E-state index contributed by atoms with van der Waals surface area (Å²) in [4.78, 5) is 13.6. The molecule has 1 saturated heterocycles. The molecule has 21 heavy (non-hydrogen) atoms. The molecular weight excluding hydrogens is 292 g/mol. The number of carbonyl (C=O) groups is 1. The lowest BCUT2D eigenvalue weighted by Crippen LogP contribution is -2.33. The molecule has 2 amide bonds. The third kappa shape index (κ3) is 3.01. The van der Waals surface area contributed by atoms with Gasteiger partial charge in [0.25, 0.3) is 0 Å². The van der Waals surface area contributed by atoms with Gasteiger partial charge >= 0.3 is 6.03 Å². The van der Waals surface area contributed by atoms with E-state index in [0.29, 0.717) is 30.2 Å². The first-order chi connectivity index (χ1) is 10.1. The fourth-order valence-electron chi connectivity index (χ4n) is 2.31. The maximum Gasteiger partial charge on any atom is 0.321 e. The van der Waals surface area contributed by atoms with Crippen molar-refractivity contribution >= 4 is 23.3 Å². The van der Waals surface area contributed by atoms with Gasteiger partial charge in [0.2, 0.25) is 0 Å². The van der Waals surface area contributed by atoms with Gasteiger partial charge in [-0.25, -0.2) is 9.48 Å². The zero-order chi connectivity index (χ0) is 14.8. The molecule has 2 heterocycles. The molecule has 1 aliphatic heterocycles. The summed E-state index contributed by atoms with van der Waals surface area (Å²) in [6.07, 6.45) is 3.66. The molecule has 110 valence electrons. The average Bonchev–Trinajstić information content (AvgIpc) is 3.10. The largest absolute Gasteiger partial charge is 0.391 e. The first-order valence-electron chi connectivity index (χ1n) is 6.67. The lowest BCUT2D eigenvalue weighted by atomic mass is 10.3. The molecule has 0 radical (unpaired) electrons. The van der Waals surface area contributed by atoms with Gasteiger partial charge in [0.05, 0.1) is 16.8 Å². The van der Waals surface area contributed by atoms with Gasteiger partial charge in [-0.2, -0.15) is 5.10 Å². The number of aromatic nitrogens is 2. The number of urea groups is 1. The number of β-amino-alcohol motifs (C(OH)–C–C–N with tert-alkyl or cyclic N) is 1. The number of likely N-dealkylation sites (tertiary alicyclic amines) is 1. The molecule has 0 spiro atoms. The Morgan fingerprint density at radius 1 is 1.48 bits per heavy atom. The SMILES string of the molecule is O=C(Nc1ccc(-n2cccn2)c(Cl)c1)N1CC[C@@H](O)C1. The van der Waals surface area contributed by atoms with Crippen LogP contribution in [0.1, 0.15) is 6.42 Å². The number of hydrogen-bond donors (Lipinski definition) is 2. The highest BCUT2D eigenvalue weighted by Crippen LogP contribution is 2.24. The van der Waals surface area contributed by atoms with E-state index >= 15 is 0 Å². The molecule has 1 aliphatic rings. The number of benzene rings is 1. The predicted octanol–water partition coefficient (Wildman–Crippen LogP) is 2.12. The average molecular weight is 307 g/mol. The Morgan fingerprint density at radius 2 is 2.33 bits per heavy atom. The summed E-state index contributed by atoms with van der Waals surface area (Å²) < 4.78 is 1.66. The molecule has 0 aliphatic carbocycles. The normalized spacial score (nSPS) is 18.0. The van der Waals surface area contributed by atoms with Crippen LogP contribution in [-0.2, 0) is 0 Å². The predicted molar refractivity (Wildman–Crippen MR) is 79.8 cm³/mol. The van der Waals surface area contributed by atoms with Crippen molar-refractivity contribution in [3.05, 3.63) is 41.7 Å². The van der Waals surface area contributed by atoms with Crippen molar-refractivity contribution in [2.24, 2.45) is 0 Å². The molecule has 0 bridgehead atoms. The van der Waals surface area contributed by atoms with E-state index in [9.17, 15) is 9.90 Å². The van der Waals surface area contributed by atoms with Gasteiger partial charge in [0.15, 0.2) is 0 Å². The van der Waals surface area contributed by atoms with E-state index in [1.165, 1.54) is 0 Å². The van der Waals surface area contributed by atoms with Crippen molar-refractivity contribution in [2.75, 3.05) is 18.4 Å². The number of rotatable bonds is 2. The maximum atomic E-state index is 12.0. The van der Waals surface area contributed by atoms with Crippen LogP contribution in [-0.4, -0.2) is 45.0 Å². The summed E-state index contributed by atoms with van der Waals surface area (Å²) >= 11 is 6.22. The molecule has 2 N–H and O–H groups in total. The fraction of sp³-hybridized carbons (Fsp3) is 0.286. The van der Waals surface area contributed by atoms with Gasteiger partial charge in [-0.3, -0.25) is 0 Å². The first kappa shape index (κ1) is 13.9. The standard InChI is InChI=1S/C14H15ClN4O2/c15-12-8-10(2-3-13(12)19-6-1-5-16-19)17-14(21)18-7-4-11(20)9-18/h1-3,5-6,8,11,20H,4,7,9H2,(H,17,21)/t11-/m1/s1. The molecule has 2 aromatic rings. The molecule has 1 aromatic heterocycles. The van der Waals surface area contributed by atoms with E-state index in [-0.39, 0.29) is 6.03 Å². The Balaban J connectivity index is 1.72. The van der Waals surface area contributed by atoms with E-state index in [2.05, 4.69) is 10.4 Å².